The molecule has 1 atom stereocenters. The number of carbonyl (C=O) groups is 1. The first-order valence-electron chi connectivity index (χ1n) is 10.9. The lowest BCUT2D eigenvalue weighted by molar-refractivity contribution is -0.130. The molecule has 0 saturated carbocycles. The van der Waals surface area contributed by atoms with Crippen molar-refractivity contribution >= 4 is 23.4 Å². The Hall–Kier alpha value is -3.11. The van der Waals surface area contributed by atoms with Gasteiger partial charge in [0.1, 0.15) is 5.75 Å². The maximum absolute atomic E-state index is 13.2. The van der Waals surface area contributed by atoms with Gasteiger partial charge in [-0.15, -0.1) is 5.10 Å². The third kappa shape index (κ3) is 6.02. The van der Waals surface area contributed by atoms with E-state index < -0.39 is 0 Å². The number of rotatable bonds is 9. The molecule has 3 aromatic rings. The highest BCUT2D eigenvalue weighted by molar-refractivity contribution is 7.99. The number of amides is 1. The van der Waals surface area contributed by atoms with Gasteiger partial charge in [0.05, 0.1) is 17.5 Å². The molecule has 2 aromatic carbocycles. The summed E-state index contributed by atoms with van der Waals surface area (Å²) in [4.78, 5) is 17.1. The van der Waals surface area contributed by atoms with Gasteiger partial charge in [0.15, 0.2) is 0 Å². The second-order valence-electron chi connectivity index (χ2n) is 8.15. The molecule has 10 heteroatoms. The topological polar surface area (TPSA) is 96.6 Å². The Morgan fingerprint density at radius 2 is 1.94 bits per heavy atom. The van der Waals surface area contributed by atoms with Gasteiger partial charge in [-0.05, 0) is 65.2 Å². The molecule has 9 nitrogen and oxygen atoms in total. The normalized spacial score (nSPS) is 15.5. The summed E-state index contributed by atoms with van der Waals surface area (Å²) >= 11 is 1.29. The molecule has 1 saturated heterocycles. The van der Waals surface area contributed by atoms with Crippen molar-refractivity contribution in [3.63, 3.8) is 0 Å². The fraction of sp³-hybridized carbons (Fsp3) is 0.391. The third-order valence-electron chi connectivity index (χ3n) is 5.49. The van der Waals surface area contributed by atoms with Crippen LogP contribution < -0.4 is 4.90 Å². The number of phenols is 1. The number of anilines is 1. The Kier molecular flexibility index (Phi) is 7.46. The number of hydrogen-bond donors (Lipinski definition) is 1. The second-order valence-corrected chi connectivity index (χ2v) is 9.09. The monoisotopic (exact) mass is 468 g/mol. The van der Waals surface area contributed by atoms with E-state index in [-0.39, 0.29) is 23.5 Å². The molecule has 0 unspecified atom stereocenters. The molecule has 2 heterocycles. The summed E-state index contributed by atoms with van der Waals surface area (Å²) in [6.45, 7) is 1.84. The molecule has 0 bridgehead atoms. The fourth-order valence-electron chi connectivity index (χ4n) is 3.65. The first kappa shape index (κ1) is 23.1. The third-order valence-corrected chi connectivity index (χ3v) is 6.39. The number of carbonyl (C=O) groups excluding carboxylic acids is 1. The Labute approximate surface area is 197 Å². The number of aromatic nitrogens is 4. The largest absolute Gasteiger partial charge is 0.508 e. The smallest absolute Gasteiger partial charge is 0.233 e. The summed E-state index contributed by atoms with van der Waals surface area (Å²) in [6, 6.07) is 14.8. The molecular formula is C23H28N6O3S. The molecule has 1 fully saturated rings. The Balaban J connectivity index is 1.44. The first-order valence-corrected chi connectivity index (χ1v) is 11.8. The molecule has 33 heavy (non-hydrogen) atoms. The van der Waals surface area contributed by atoms with E-state index in [0.717, 1.165) is 30.7 Å². The SMILES string of the molecule is CN(C)c1ccc(CN(C[C@@H]2CCCO2)C(=O)CSc2nnnn2-c2ccc(O)cc2)cc1. The van der Waals surface area contributed by atoms with E-state index in [0.29, 0.717) is 23.9 Å². The average Bonchev–Trinajstić information content (AvgIpc) is 3.50. The highest BCUT2D eigenvalue weighted by atomic mass is 32.2. The number of hydrogen-bond acceptors (Lipinski definition) is 8. The maximum Gasteiger partial charge on any atom is 0.233 e. The number of nitrogens with zero attached hydrogens (tertiary/aromatic N) is 6. The molecule has 1 aliphatic heterocycles. The minimum Gasteiger partial charge on any atom is -0.508 e. The molecule has 0 aliphatic carbocycles. The van der Waals surface area contributed by atoms with Crippen LogP contribution in [0.25, 0.3) is 5.69 Å². The Morgan fingerprint density at radius 3 is 2.61 bits per heavy atom. The van der Waals surface area contributed by atoms with Gasteiger partial charge in [-0.3, -0.25) is 4.79 Å². The van der Waals surface area contributed by atoms with Crippen LogP contribution in [0.1, 0.15) is 18.4 Å². The second kappa shape index (κ2) is 10.7. The minimum atomic E-state index is 0.00689. The van der Waals surface area contributed by atoms with E-state index in [9.17, 15) is 9.90 Å². The van der Waals surface area contributed by atoms with Crippen LogP contribution in [0.15, 0.2) is 53.7 Å². The van der Waals surface area contributed by atoms with Crippen LogP contribution in [0.2, 0.25) is 0 Å². The van der Waals surface area contributed by atoms with Crippen molar-refractivity contribution in [3.05, 3.63) is 54.1 Å². The molecule has 0 spiro atoms. The zero-order chi connectivity index (χ0) is 23.2. The van der Waals surface area contributed by atoms with Crippen molar-refractivity contribution in [1.82, 2.24) is 25.1 Å². The number of thioether (sulfide) groups is 1. The maximum atomic E-state index is 13.2. The molecule has 174 valence electrons. The molecule has 1 aliphatic rings. The summed E-state index contributed by atoms with van der Waals surface area (Å²) in [5.41, 5.74) is 2.91. The van der Waals surface area contributed by atoms with Crippen molar-refractivity contribution in [2.45, 2.75) is 30.6 Å². The van der Waals surface area contributed by atoms with Gasteiger partial charge in [0.2, 0.25) is 11.1 Å². The Morgan fingerprint density at radius 1 is 1.18 bits per heavy atom. The number of phenolic OH excluding ortho intramolecular Hbond substituents is 1. The quantitative estimate of drug-likeness (QED) is 0.479. The van der Waals surface area contributed by atoms with E-state index in [1.165, 1.54) is 11.8 Å². The predicted molar refractivity (Wildman–Crippen MR) is 127 cm³/mol. The minimum absolute atomic E-state index is 0.00689. The number of ether oxygens (including phenoxy) is 1. The summed E-state index contributed by atoms with van der Waals surface area (Å²) < 4.78 is 7.35. The van der Waals surface area contributed by atoms with Crippen LogP contribution in [0.3, 0.4) is 0 Å². The predicted octanol–water partition coefficient (Wildman–Crippen LogP) is 2.73. The van der Waals surface area contributed by atoms with Gasteiger partial charge in [-0.25, -0.2) is 0 Å². The van der Waals surface area contributed by atoms with Crippen molar-refractivity contribution in [3.8, 4) is 11.4 Å². The van der Waals surface area contributed by atoms with Crippen LogP contribution in [-0.2, 0) is 16.1 Å². The van der Waals surface area contributed by atoms with Crippen LogP contribution in [-0.4, -0.2) is 75.2 Å². The lowest BCUT2D eigenvalue weighted by Gasteiger charge is -2.26. The molecule has 1 aromatic heterocycles. The van der Waals surface area contributed by atoms with E-state index >= 15 is 0 Å². The van der Waals surface area contributed by atoms with Crippen LogP contribution >= 0.6 is 11.8 Å². The summed E-state index contributed by atoms with van der Waals surface area (Å²) in [5.74, 6) is 0.382. The number of aromatic hydroxyl groups is 1. The highest BCUT2D eigenvalue weighted by Gasteiger charge is 2.23. The van der Waals surface area contributed by atoms with E-state index in [2.05, 4.69) is 39.8 Å². The summed E-state index contributed by atoms with van der Waals surface area (Å²) in [5, 5.41) is 21.9. The molecule has 0 radical (unpaired) electrons. The van der Waals surface area contributed by atoms with Crippen molar-refractivity contribution in [2.75, 3.05) is 37.9 Å². The van der Waals surface area contributed by atoms with Crippen LogP contribution in [0.5, 0.6) is 5.75 Å². The summed E-state index contributed by atoms with van der Waals surface area (Å²) in [7, 11) is 4.01. The number of tetrazole rings is 1. The lowest BCUT2D eigenvalue weighted by atomic mass is 10.1. The zero-order valence-electron chi connectivity index (χ0n) is 18.8. The van der Waals surface area contributed by atoms with E-state index in [4.69, 9.17) is 4.74 Å². The fourth-order valence-corrected chi connectivity index (χ4v) is 4.44. The van der Waals surface area contributed by atoms with Crippen molar-refractivity contribution in [2.24, 2.45) is 0 Å². The molecule has 1 amide bonds. The summed E-state index contributed by atoms with van der Waals surface area (Å²) in [6.07, 6.45) is 2.07. The lowest BCUT2D eigenvalue weighted by Crippen LogP contribution is -2.38. The average molecular weight is 469 g/mol. The van der Waals surface area contributed by atoms with E-state index in [1.54, 1.807) is 28.9 Å². The number of benzene rings is 2. The van der Waals surface area contributed by atoms with E-state index in [1.807, 2.05) is 23.9 Å². The Bertz CT molecular complexity index is 1050. The van der Waals surface area contributed by atoms with Gasteiger partial charge < -0.3 is 19.6 Å². The van der Waals surface area contributed by atoms with Crippen LogP contribution in [0.4, 0.5) is 5.69 Å². The standard InChI is InChI=1S/C23H28N6O3S/c1-27(2)18-7-5-17(6-8-18)14-28(15-21-4-3-13-32-21)22(31)16-33-23-24-25-26-29(23)19-9-11-20(30)12-10-19/h5-12,21,30H,3-4,13-16H2,1-2H3/t21-/m0/s1. The first-order chi connectivity index (χ1) is 16.0. The van der Waals surface area contributed by atoms with Gasteiger partial charge in [0, 0.05) is 39.5 Å². The molecular weight excluding hydrogens is 440 g/mol. The van der Waals surface area contributed by atoms with Crippen LogP contribution in [0, 0.1) is 0 Å². The van der Waals surface area contributed by atoms with Gasteiger partial charge in [-0.2, -0.15) is 4.68 Å². The van der Waals surface area contributed by atoms with Gasteiger partial charge in [0.25, 0.3) is 0 Å². The van der Waals surface area contributed by atoms with Crippen molar-refractivity contribution in [1.29, 1.82) is 0 Å². The van der Waals surface area contributed by atoms with Crippen molar-refractivity contribution < 1.29 is 14.6 Å². The highest BCUT2D eigenvalue weighted by Crippen LogP contribution is 2.22. The molecule has 4 rings (SSSR count). The van der Waals surface area contributed by atoms with Gasteiger partial charge in [-0.1, -0.05) is 23.9 Å². The van der Waals surface area contributed by atoms with Gasteiger partial charge >= 0.3 is 0 Å². The zero-order valence-corrected chi connectivity index (χ0v) is 19.6. The molecule has 1 N–H and O–H groups in total.